The number of nitrogens with zero attached hydrogens (tertiary/aromatic N) is 2. The largest absolute Gasteiger partial charge is 0.483 e. The molecule has 0 N–H and O–H groups in total. The van der Waals surface area contributed by atoms with E-state index in [4.69, 9.17) is 24.3 Å². The molecule has 0 heterocycles. The van der Waals surface area contributed by atoms with Crippen molar-refractivity contribution in [1.29, 1.82) is 5.26 Å². The summed E-state index contributed by atoms with van der Waals surface area (Å²) in [5, 5.41) is 8.89. The van der Waals surface area contributed by atoms with Crippen LogP contribution in [0.1, 0.15) is 40.1 Å². The molecule has 0 aliphatic carbocycles. The Balaban J connectivity index is 2.53. The number of hydrogen-bond donors (Lipinski definition) is 0. The molecule has 31 heavy (non-hydrogen) atoms. The highest BCUT2D eigenvalue weighted by molar-refractivity contribution is 5.83. The van der Waals surface area contributed by atoms with Crippen molar-refractivity contribution >= 4 is 11.9 Å². The number of carbonyl (C=O) groups excluding carboxylic acids is 2. The smallest absolute Gasteiger partial charge is 0.325 e. The second kappa shape index (κ2) is 11.0. The molecule has 0 aromatic heterocycles. The Bertz CT molecular complexity index is 1270. The second-order valence-electron chi connectivity index (χ2n) is 5.97. The van der Waals surface area contributed by atoms with Crippen LogP contribution in [0.25, 0.3) is 0 Å². The first-order valence-electron chi connectivity index (χ1n) is 12.3. The summed E-state index contributed by atoms with van der Waals surface area (Å²) in [7, 11) is 0. The Labute approximate surface area is 187 Å². The fraction of sp³-hybridized carbons (Fsp3) is 0.318. The van der Waals surface area contributed by atoms with Crippen molar-refractivity contribution in [2.75, 3.05) is 19.7 Å². The lowest BCUT2D eigenvalue weighted by Gasteiger charge is -2.22. The number of esters is 1. The number of ether oxygens (including phenoxy) is 2. The predicted molar refractivity (Wildman–Crippen MR) is 104 cm³/mol. The Kier molecular flexibility index (Phi) is 5.43. The third kappa shape index (κ3) is 6.47. The van der Waals surface area contributed by atoms with Gasteiger partial charge in [0.1, 0.15) is 29.7 Å². The molecule has 0 fully saturated rings. The molecule has 0 bridgehead atoms. The van der Waals surface area contributed by atoms with Gasteiger partial charge >= 0.3 is 5.97 Å². The van der Waals surface area contributed by atoms with Gasteiger partial charge in [-0.25, -0.2) is 13.2 Å². The number of carbonyl (C=O) groups is 2. The molecule has 0 atom stereocenters. The number of halogens is 3. The summed E-state index contributed by atoms with van der Waals surface area (Å²) >= 11 is 0. The van der Waals surface area contributed by atoms with Gasteiger partial charge in [-0.1, -0.05) is 12.9 Å². The minimum Gasteiger partial charge on any atom is -0.483 e. The van der Waals surface area contributed by atoms with Crippen molar-refractivity contribution in [2.24, 2.45) is 0 Å². The monoisotopic (exact) mass is 441 g/mol. The van der Waals surface area contributed by atoms with Crippen LogP contribution in [0.5, 0.6) is 5.75 Å². The first kappa shape index (κ1) is 15.3. The fourth-order valence-electron chi connectivity index (χ4n) is 2.43. The van der Waals surface area contributed by atoms with Crippen molar-refractivity contribution in [1.82, 2.24) is 4.90 Å². The van der Waals surface area contributed by atoms with Gasteiger partial charge in [0.05, 0.1) is 21.0 Å². The third-order valence-electron chi connectivity index (χ3n) is 3.85. The van der Waals surface area contributed by atoms with Crippen LogP contribution in [-0.2, 0) is 27.2 Å². The van der Waals surface area contributed by atoms with E-state index in [0.717, 1.165) is 12.1 Å². The highest BCUT2D eigenvalue weighted by atomic mass is 19.1. The molecule has 0 unspecified atom stereocenters. The zero-order valence-corrected chi connectivity index (χ0v) is 16.2. The van der Waals surface area contributed by atoms with E-state index in [9.17, 15) is 22.8 Å². The van der Waals surface area contributed by atoms with Crippen molar-refractivity contribution in [3.05, 3.63) is 64.5 Å². The number of benzene rings is 2. The molecule has 6 nitrogen and oxygen atoms in total. The standard InChI is InChI=1S/C22H21F3N2O4/c1-3-17-19(25)8-16(23)9-20(17)31-13-21(28)27(12-22(29)30-4-2)11-15-6-5-14(10-26)7-18(15)24/h5-9H,3-4,11-13H2,1-2H3/i1D3,3D2,13D2. The van der Waals surface area contributed by atoms with Gasteiger partial charge in [-0.05, 0) is 25.4 Å². The average molecular weight is 441 g/mol. The van der Waals surface area contributed by atoms with Crippen LogP contribution in [0, 0.1) is 28.8 Å². The molecule has 164 valence electrons. The molecule has 0 saturated heterocycles. The minimum atomic E-state index is -3.57. The molecular formula is C22H21F3N2O4. The maximum atomic E-state index is 14.6. The molecule has 2 rings (SSSR count). The zero-order chi connectivity index (χ0) is 29.1. The molecular weight excluding hydrogens is 413 g/mol. The van der Waals surface area contributed by atoms with Gasteiger partial charge in [0.2, 0.25) is 0 Å². The maximum Gasteiger partial charge on any atom is 0.325 e. The average Bonchev–Trinajstić information content (AvgIpc) is 2.77. The van der Waals surface area contributed by atoms with E-state index < -0.39 is 73.5 Å². The van der Waals surface area contributed by atoms with E-state index in [2.05, 4.69) is 0 Å². The van der Waals surface area contributed by atoms with Gasteiger partial charge in [-0.3, -0.25) is 9.59 Å². The Hall–Kier alpha value is -3.54. The number of nitriles is 1. The molecule has 0 spiro atoms. The Morgan fingerprint density at radius 3 is 2.65 bits per heavy atom. The molecule has 0 aliphatic rings. The summed E-state index contributed by atoms with van der Waals surface area (Å²) in [5.74, 6) is -8.03. The summed E-state index contributed by atoms with van der Waals surface area (Å²) < 4.78 is 106. The van der Waals surface area contributed by atoms with Crippen LogP contribution < -0.4 is 4.74 Å². The third-order valence-corrected chi connectivity index (χ3v) is 3.85. The van der Waals surface area contributed by atoms with Crippen LogP contribution >= 0.6 is 0 Å². The highest BCUT2D eigenvalue weighted by Crippen LogP contribution is 2.24. The van der Waals surface area contributed by atoms with Crippen molar-refractivity contribution < 1.29 is 41.8 Å². The van der Waals surface area contributed by atoms with E-state index in [1.807, 2.05) is 0 Å². The van der Waals surface area contributed by atoms with Crippen LogP contribution in [0.4, 0.5) is 13.2 Å². The van der Waals surface area contributed by atoms with Gasteiger partial charge in [0.25, 0.3) is 5.91 Å². The molecule has 0 saturated carbocycles. The minimum absolute atomic E-state index is 0.0580. The lowest BCUT2D eigenvalue weighted by molar-refractivity contribution is -0.150. The van der Waals surface area contributed by atoms with Crippen LogP contribution in [-0.4, -0.2) is 36.5 Å². The Morgan fingerprint density at radius 1 is 1.23 bits per heavy atom. The van der Waals surface area contributed by atoms with Gasteiger partial charge in [0.15, 0.2) is 6.56 Å². The van der Waals surface area contributed by atoms with E-state index in [-0.39, 0.29) is 23.8 Å². The van der Waals surface area contributed by atoms with E-state index in [0.29, 0.717) is 11.0 Å². The first-order chi connectivity index (χ1) is 17.4. The summed E-state index contributed by atoms with van der Waals surface area (Å²) in [6, 6.07) is 5.31. The van der Waals surface area contributed by atoms with Crippen molar-refractivity contribution in [2.45, 2.75) is 26.7 Å². The fourth-order valence-corrected chi connectivity index (χ4v) is 2.43. The molecule has 0 radical (unpaired) electrons. The Morgan fingerprint density at radius 2 is 2.00 bits per heavy atom. The maximum absolute atomic E-state index is 14.6. The summed E-state index contributed by atoms with van der Waals surface area (Å²) in [5.41, 5.74) is -1.67. The summed E-state index contributed by atoms with van der Waals surface area (Å²) in [6.45, 7) is -7.41. The van der Waals surface area contributed by atoms with Crippen LogP contribution in [0.15, 0.2) is 30.3 Å². The van der Waals surface area contributed by atoms with Crippen LogP contribution in [0.3, 0.4) is 0 Å². The summed E-state index contributed by atoms with van der Waals surface area (Å²) in [4.78, 5) is 25.7. The number of hydrogen-bond acceptors (Lipinski definition) is 5. The van der Waals surface area contributed by atoms with Crippen LogP contribution in [0.2, 0.25) is 0 Å². The SMILES string of the molecule is [2H]C([2H])(Oc1cc(F)cc(F)c1C([2H])([2H])C([2H])([2H])[2H])C(=O)N(CC(=O)OCC)Cc1ccc(C#N)cc1F. The van der Waals surface area contributed by atoms with Crippen molar-refractivity contribution in [3.8, 4) is 11.8 Å². The molecule has 2 aromatic rings. The molecule has 1 amide bonds. The second-order valence-corrected chi connectivity index (χ2v) is 5.97. The first-order valence-corrected chi connectivity index (χ1v) is 8.76. The van der Waals surface area contributed by atoms with Gasteiger partial charge in [-0.2, -0.15) is 5.26 Å². The quantitative estimate of drug-likeness (QED) is 0.557. The predicted octanol–water partition coefficient (Wildman–Crippen LogP) is 3.51. The topological polar surface area (TPSA) is 79.6 Å². The normalized spacial score (nSPS) is 15.0. The van der Waals surface area contributed by atoms with Gasteiger partial charge in [0, 0.05) is 36.7 Å². The lowest BCUT2D eigenvalue weighted by atomic mass is 10.1. The van der Waals surface area contributed by atoms with E-state index >= 15 is 0 Å². The van der Waals surface area contributed by atoms with E-state index in [1.54, 1.807) is 6.07 Å². The molecule has 0 aliphatic heterocycles. The summed E-state index contributed by atoms with van der Waals surface area (Å²) in [6.07, 6.45) is -3.50. The molecule has 2 aromatic carbocycles. The number of rotatable bonds is 9. The number of amides is 1. The zero-order valence-electron chi connectivity index (χ0n) is 23.2. The van der Waals surface area contributed by atoms with Gasteiger partial charge in [-0.15, -0.1) is 0 Å². The van der Waals surface area contributed by atoms with Gasteiger partial charge < -0.3 is 14.4 Å². The van der Waals surface area contributed by atoms with E-state index in [1.165, 1.54) is 13.0 Å². The van der Waals surface area contributed by atoms with Crippen molar-refractivity contribution in [3.63, 3.8) is 0 Å². The lowest BCUT2D eigenvalue weighted by Crippen LogP contribution is -2.39. The highest BCUT2D eigenvalue weighted by Gasteiger charge is 2.21. The molecule has 9 heteroatoms.